The number of nitrogens with zero attached hydrogens (tertiary/aromatic N) is 4. The van der Waals surface area contributed by atoms with E-state index in [0.29, 0.717) is 11.8 Å². The van der Waals surface area contributed by atoms with Crippen LogP contribution in [-0.4, -0.2) is 86.5 Å². The lowest BCUT2D eigenvalue weighted by molar-refractivity contribution is -0.139. The third-order valence-corrected chi connectivity index (χ3v) is 6.11. The number of nitrogens with one attached hydrogen (secondary N) is 1. The molecule has 0 aromatic heterocycles. The third kappa shape index (κ3) is 5.88. The van der Waals surface area contributed by atoms with E-state index in [4.69, 9.17) is 9.73 Å². The second-order valence-corrected chi connectivity index (χ2v) is 8.20. The number of ether oxygens (including phenoxy) is 1. The molecule has 30 heavy (non-hydrogen) atoms. The second-order valence-electron chi connectivity index (χ2n) is 8.20. The summed E-state index contributed by atoms with van der Waals surface area (Å²) in [6.45, 7) is 8.92. The van der Waals surface area contributed by atoms with Crippen molar-refractivity contribution in [1.82, 2.24) is 20.0 Å². The van der Waals surface area contributed by atoms with Gasteiger partial charge in [0.1, 0.15) is 5.75 Å². The highest BCUT2D eigenvalue weighted by Gasteiger charge is 2.31. The number of hydrogen-bond acceptors (Lipinski definition) is 4. The number of guanidine groups is 1. The van der Waals surface area contributed by atoms with Crippen LogP contribution in [-0.2, 0) is 11.3 Å². The van der Waals surface area contributed by atoms with E-state index in [9.17, 15) is 4.79 Å². The maximum atomic E-state index is 12.4. The minimum absolute atomic E-state index is 0.308. The Bertz CT molecular complexity index is 711. The van der Waals surface area contributed by atoms with E-state index in [1.807, 2.05) is 18.2 Å². The number of aliphatic imine (C=N–C) groups is 1. The first kappa shape index (κ1) is 22.4. The molecule has 1 aromatic carbocycles. The van der Waals surface area contributed by atoms with Crippen LogP contribution in [0.5, 0.6) is 5.75 Å². The summed E-state index contributed by atoms with van der Waals surface area (Å²) < 4.78 is 5.48. The van der Waals surface area contributed by atoms with Crippen LogP contribution < -0.4 is 10.1 Å². The fourth-order valence-corrected chi connectivity index (χ4v) is 4.04. The summed E-state index contributed by atoms with van der Waals surface area (Å²) in [6.07, 6.45) is 3.39. The number of para-hydroxylation sites is 1. The minimum atomic E-state index is 0.308. The molecule has 1 saturated carbocycles. The molecule has 1 aliphatic heterocycles. The molecule has 166 valence electrons. The highest BCUT2D eigenvalue weighted by atomic mass is 16.5. The molecule has 3 rings (SSSR count). The minimum Gasteiger partial charge on any atom is -0.496 e. The molecule has 0 atom stereocenters. The summed E-state index contributed by atoms with van der Waals surface area (Å²) in [4.78, 5) is 23.8. The lowest BCUT2D eigenvalue weighted by atomic mass is 9.84. The zero-order chi connectivity index (χ0) is 21.3. The van der Waals surface area contributed by atoms with Gasteiger partial charge in [0.25, 0.3) is 0 Å². The van der Waals surface area contributed by atoms with Gasteiger partial charge in [-0.25, -0.2) is 0 Å². The maximum absolute atomic E-state index is 12.4. The Labute approximate surface area is 181 Å². The van der Waals surface area contributed by atoms with Crippen molar-refractivity contribution in [2.45, 2.75) is 32.7 Å². The van der Waals surface area contributed by atoms with Gasteiger partial charge in [0, 0.05) is 64.3 Å². The van der Waals surface area contributed by atoms with Crippen LogP contribution in [0.3, 0.4) is 0 Å². The molecule has 0 radical (unpaired) electrons. The van der Waals surface area contributed by atoms with Crippen LogP contribution in [0, 0.1) is 5.92 Å². The lowest BCUT2D eigenvalue weighted by Gasteiger charge is -2.38. The smallest absolute Gasteiger partial charge is 0.225 e. The fourth-order valence-electron chi connectivity index (χ4n) is 4.04. The summed E-state index contributed by atoms with van der Waals surface area (Å²) in [5.41, 5.74) is 1.14. The van der Waals surface area contributed by atoms with Gasteiger partial charge in [-0.15, -0.1) is 0 Å². The zero-order valence-corrected chi connectivity index (χ0v) is 18.8. The molecule has 0 unspecified atom stereocenters. The van der Waals surface area contributed by atoms with Crippen LogP contribution in [0.15, 0.2) is 29.3 Å². The number of benzene rings is 1. The normalized spacial score (nSPS) is 18.1. The van der Waals surface area contributed by atoms with Crippen LogP contribution in [0.1, 0.15) is 31.7 Å². The molecule has 0 spiro atoms. The highest BCUT2D eigenvalue weighted by Crippen LogP contribution is 2.28. The number of amides is 1. The highest BCUT2D eigenvalue weighted by molar-refractivity contribution is 5.80. The largest absolute Gasteiger partial charge is 0.496 e. The van der Waals surface area contributed by atoms with Crippen LogP contribution in [0.2, 0.25) is 0 Å². The average molecular weight is 416 g/mol. The number of hydrogen-bond donors (Lipinski definition) is 1. The van der Waals surface area contributed by atoms with Crippen molar-refractivity contribution in [2.75, 3.05) is 60.0 Å². The molecule has 1 aromatic rings. The standard InChI is InChI=1S/C23H37N5O2/c1-4-24-23(26(2)18-20-8-5-6-11-21(20)30-3)25-12-13-27-14-16-28(17-15-27)22(29)19-9-7-10-19/h5-6,8,11,19H,4,7,9-10,12-18H2,1-3H3,(H,24,25). The van der Waals surface area contributed by atoms with Crippen molar-refractivity contribution in [3.05, 3.63) is 29.8 Å². The van der Waals surface area contributed by atoms with E-state index in [0.717, 1.165) is 82.5 Å². The summed E-state index contributed by atoms with van der Waals surface area (Å²) in [5, 5.41) is 3.39. The molecule has 1 amide bonds. The number of rotatable bonds is 8. The van der Waals surface area contributed by atoms with E-state index in [1.165, 1.54) is 6.42 Å². The molecule has 2 fully saturated rings. The van der Waals surface area contributed by atoms with E-state index >= 15 is 0 Å². The molecular weight excluding hydrogens is 378 g/mol. The first-order valence-corrected chi connectivity index (χ1v) is 11.2. The second kappa shape index (κ2) is 11.2. The van der Waals surface area contributed by atoms with E-state index < -0.39 is 0 Å². The van der Waals surface area contributed by atoms with E-state index in [1.54, 1.807) is 7.11 Å². The van der Waals surface area contributed by atoms with Gasteiger partial charge < -0.3 is 19.9 Å². The van der Waals surface area contributed by atoms with Gasteiger partial charge in [-0.3, -0.25) is 14.7 Å². The molecule has 7 heteroatoms. The molecule has 0 bridgehead atoms. The molecule has 2 aliphatic rings. The van der Waals surface area contributed by atoms with Gasteiger partial charge in [-0.2, -0.15) is 0 Å². The molecule has 1 heterocycles. The van der Waals surface area contributed by atoms with Gasteiger partial charge >= 0.3 is 0 Å². The topological polar surface area (TPSA) is 60.4 Å². The van der Waals surface area contributed by atoms with Gasteiger partial charge in [-0.1, -0.05) is 24.6 Å². The van der Waals surface area contributed by atoms with E-state index in [2.05, 4.69) is 40.1 Å². The Morgan fingerprint density at radius 2 is 1.97 bits per heavy atom. The van der Waals surface area contributed by atoms with Crippen molar-refractivity contribution in [3.8, 4) is 5.75 Å². The summed E-state index contributed by atoms with van der Waals surface area (Å²) in [7, 11) is 3.76. The molecule has 1 aliphatic carbocycles. The number of carbonyl (C=O) groups is 1. The predicted octanol–water partition coefficient (Wildman–Crippen LogP) is 2.04. The Hall–Kier alpha value is -2.28. The summed E-state index contributed by atoms with van der Waals surface area (Å²) in [5.74, 6) is 2.49. The van der Waals surface area contributed by atoms with Crippen LogP contribution in [0.25, 0.3) is 0 Å². The summed E-state index contributed by atoms with van der Waals surface area (Å²) >= 11 is 0. The number of piperazine rings is 1. The Morgan fingerprint density at radius 1 is 1.23 bits per heavy atom. The van der Waals surface area contributed by atoms with Gasteiger partial charge in [-0.05, 0) is 25.8 Å². The van der Waals surface area contributed by atoms with Crippen molar-refractivity contribution in [1.29, 1.82) is 0 Å². The maximum Gasteiger partial charge on any atom is 0.225 e. The van der Waals surface area contributed by atoms with Crippen LogP contribution >= 0.6 is 0 Å². The Kier molecular flexibility index (Phi) is 8.37. The molecule has 1 N–H and O–H groups in total. The van der Waals surface area contributed by atoms with Gasteiger partial charge in [0.2, 0.25) is 5.91 Å². The number of methoxy groups -OCH3 is 1. The lowest BCUT2D eigenvalue weighted by Crippen LogP contribution is -2.51. The Balaban J connectivity index is 1.47. The number of carbonyl (C=O) groups excluding carboxylic acids is 1. The van der Waals surface area contributed by atoms with Crippen LogP contribution in [0.4, 0.5) is 0 Å². The van der Waals surface area contributed by atoms with Gasteiger partial charge in [0.15, 0.2) is 5.96 Å². The van der Waals surface area contributed by atoms with Crippen molar-refractivity contribution in [2.24, 2.45) is 10.9 Å². The zero-order valence-electron chi connectivity index (χ0n) is 18.8. The molecule has 7 nitrogen and oxygen atoms in total. The summed E-state index contributed by atoms with van der Waals surface area (Å²) in [6, 6.07) is 8.10. The van der Waals surface area contributed by atoms with E-state index in [-0.39, 0.29) is 0 Å². The fraction of sp³-hybridized carbons (Fsp3) is 0.652. The first-order valence-electron chi connectivity index (χ1n) is 11.2. The first-order chi connectivity index (χ1) is 14.6. The average Bonchev–Trinajstić information content (AvgIpc) is 2.72. The third-order valence-electron chi connectivity index (χ3n) is 6.11. The SMILES string of the molecule is CCNC(=NCCN1CCN(C(=O)C2CCC2)CC1)N(C)Cc1ccccc1OC. The Morgan fingerprint density at radius 3 is 2.60 bits per heavy atom. The molecule has 1 saturated heterocycles. The quantitative estimate of drug-likeness (QED) is 0.520. The van der Waals surface area contributed by atoms with Crippen molar-refractivity contribution >= 4 is 11.9 Å². The van der Waals surface area contributed by atoms with Gasteiger partial charge in [0.05, 0.1) is 13.7 Å². The monoisotopic (exact) mass is 415 g/mol. The predicted molar refractivity (Wildman–Crippen MR) is 121 cm³/mol. The van der Waals surface area contributed by atoms with Crippen molar-refractivity contribution < 1.29 is 9.53 Å². The molecular formula is C23H37N5O2. The van der Waals surface area contributed by atoms with Crippen molar-refractivity contribution in [3.63, 3.8) is 0 Å².